The first-order chi connectivity index (χ1) is 11.2. The van der Waals surface area contributed by atoms with Gasteiger partial charge < -0.3 is 19.5 Å². The highest BCUT2D eigenvalue weighted by atomic mass is 16.6. The Labute approximate surface area is 134 Å². The summed E-state index contributed by atoms with van der Waals surface area (Å²) in [5.74, 6) is 1.28. The number of carbonyl (C=O) groups excluding carboxylic acids is 1. The van der Waals surface area contributed by atoms with Gasteiger partial charge in [0, 0.05) is 18.7 Å². The highest BCUT2D eigenvalue weighted by Gasteiger charge is 2.21. The second-order valence-corrected chi connectivity index (χ2v) is 5.50. The Kier molecular flexibility index (Phi) is 4.45. The van der Waals surface area contributed by atoms with Gasteiger partial charge in [-0.1, -0.05) is 24.2 Å². The monoisotopic (exact) mass is 316 g/mol. The molecule has 3 rings (SSSR count). The number of aromatic nitrogens is 2. The Morgan fingerprint density at radius 3 is 2.74 bits per heavy atom. The summed E-state index contributed by atoms with van der Waals surface area (Å²) < 4.78 is 10.2. The van der Waals surface area contributed by atoms with Gasteiger partial charge in [-0.05, 0) is 24.6 Å². The molecular formula is C16H20N4O3. The number of carbonyl (C=O) groups is 1. The Hall–Kier alpha value is -2.57. The summed E-state index contributed by atoms with van der Waals surface area (Å²) in [6, 6.07) is 7.87. The Morgan fingerprint density at radius 2 is 2.13 bits per heavy atom. The van der Waals surface area contributed by atoms with Gasteiger partial charge >= 0.3 is 6.09 Å². The summed E-state index contributed by atoms with van der Waals surface area (Å²) in [4.78, 5) is 17.5. The third kappa shape index (κ3) is 3.61. The maximum Gasteiger partial charge on any atom is 0.410 e. The minimum absolute atomic E-state index is 0.0674. The molecule has 1 aromatic heterocycles. The third-order valence-corrected chi connectivity index (χ3v) is 3.73. The Morgan fingerprint density at radius 1 is 1.35 bits per heavy atom. The van der Waals surface area contributed by atoms with E-state index in [1.54, 1.807) is 4.90 Å². The molecule has 7 heteroatoms. The molecule has 2 aromatic rings. The van der Waals surface area contributed by atoms with Crippen LogP contribution in [0.1, 0.15) is 37.2 Å². The second-order valence-electron chi connectivity index (χ2n) is 5.50. The highest BCUT2D eigenvalue weighted by molar-refractivity contribution is 5.69. The van der Waals surface area contributed by atoms with Crippen molar-refractivity contribution in [1.29, 1.82) is 0 Å². The molecule has 1 fully saturated rings. The van der Waals surface area contributed by atoms with Gasteiger partial charge in [0.25, 0.3) is 0 Å². The summed E-state index contributed by atoms with van der Waals surface area (Å²) >= 11 is 0. The lowest BCUT2D eigenvalue weighted by Gasteiger charge is -2.14. The summed E-state index contributed by atoms with van der Waals surface area (Å²) in [6.07, 6.45) is 0.507. The number of hydrogen-bond donors (Lipinski definition) is 1. The van der Waals surface area contributed by atoms with Crippen LogP contribution < -0.4 is 5.32 Å². The van der Waals surface area contributed by atoms with Gasteiger partial charge in [0.05, 0.1) is 6.54 Å². The van der Waals surface area contributed by atoms with Gasteiger partial charge in [0.1, 0.15) is 12.6 Å². The van der Waals surface area contributed by atoms with E-state index < -0.39 is 0 Å². The molecule has 1 aliphatic heterocycles. The zero-order chi connectivity index (χ0) is 16.2. The lowest BCUT2D eigenvalue weighted by molar-refractivity contribution is 0.157. The molecule has 0 unspecified atom stereocenters. The van der Waals surface area contributed by atoms with Crippen LogP contribution >= 0.6 is 0 Å². The molecule has 1 aromatic carbocycles. The van der Waals surface area contributed by atoms with Crippen molar-refractivity contribution >= 4 is 11.8 Å². The number of anilines is 1. The summed E-state index contributed by atoms with van der Waals surface area (Å²) in [5, 5.41) is 7.22. The lowest BCUT2D eigenvalue weighted by atomic mass is 10.2. The maximum atomic E-state index is 11.4. The molecule has 1 saturated heterocycles. The van der Waals surface area contributed by atoms with Gasteiger partial charge in [0.2, 0.25) is 5.89 Å². The maximum absolute atomic E-state index is 11.4. The number of rotatable bonds is 6. The van der Waals surface area contributed by atoms with Crippen molar-refractivity contribution in [3.05, 3.63) is 41.5 Å². The number of benzene rings is 1. The molecule has 0 saturated carbocycles. The molecule has 0 bridgehead atoms. The van der Waals surface area contributed by atoms with Crippen LogP contribution in [0.15, 0.2) is 28.8 Å². The summed E-state index contributed by atoms with van der Waals surface area (Å²) in [6.45, 7) is 5.65. The van der Waals surface area contributed by atoms with Crippen molar-refractivity contribution in [3.63, 3.8) is 0 Å². The highest BCUT2D eigenvalue weighted by Crippen LogP contribution is 2.19. The molecule has 1 amide bonds. The van der Waals surface area contributed by atoms with Crippen LogP contribution in [0.2, 0.25) is 0 Å². The average Bonchev–Trinajstić information content (AvgIpc) is 3.19. The Bertz CT molecular complexity index is 668. The molecule has 1 N–H and O–H groups in total. The number of hydrogen-bond acceptors (Lipinski definition) is 6. The van der Waals surface area contributed by atoms with E-state index in [-0.39, 0.29) is 12.1 Å². The Balaban J connectivity index is 1.59. The van der Waals surface area contributed by atoms with E-state index in [0.29, 0.717) is 31.4 Å². The van der Waals surface area contributed by atoms with Crippen LogP contribution in [0.25, 0.3) is 0 Å². The predicted molar refractivity (Wildman–Crippen MR) is 83.9 cm³/mol. The topological polar surface area (TPSA) is 80.5 Å². The zero-order valence-electron chi connectivity index (χ0n) is 13.3. The fraction of sp³-hybridized carbons (Fsp3) is 0.438. The van der Waals surface area contributed by atoms with Gasteiger partial charge in [-0.15, -0.1) is 0 Å². The largest absolute Gasteiger partial charge is 0.448 e. The van der Waals surface area contributed by atoms with Gasteiger partial charge in [-0.2, -0.15) is 4.98 Å². The first-order valence-electron chi connectivity index (χ1n) is 7.75. The summed E-state index contributed by atoms with van der Waals surface area (Å²) in [5.41, 5.74) is 2.02. The predicted octanol–water partition coefficient (Wildman–Crippen LogP) is 2.76. The van der Waals surface area contributed by atoms with Crippen LogP contribution in [0.4, 0.5) is 10.5 Å². The van der Waals surface area contributed by atoms with Gasteiger partial charge in [-0.25, -0.2) is 4.79 Å². The number of amides is 1. The van der Waals surface area contributed by atoms with Crippen molar-refractivity contribution in [2.75, 3.05) is 18.5 Å². The van der Waals surface area contributed by atoms with Crippen molar-refractivity contribution < 1.29 is 14.1 Å². The molecular weight excluding hydrogens is 296 g/mol. The first kappa shape index (κ1) is 15.3. The van der Waals surface area contributed by atoms with Crippen LogP contribution in [-0.2, 0) is 17.7 Å². The standard InChI is InChI=1S/C16H20N4O3/c1-3-14-18-15(23-19-14)11(2)17-13-6-4-12(5-7-13)10-20-8-9-22-16(20)21/h4-7,11,17H,3,8-10H2,1-2H3/t11-/m0/s1. The molecule has 23 heavy (non-hydrogen) atoms. The molecule has 1 atom stereocenters. The summed E-state index contributed by atoms with van der Waals surface area (Å²) in [7, 11) is 0. The molecule has 0 spiro atoms. The molecule has 0 radical (unpaired) electrons. The number of nitrogens with zero attached hydrogens (tertiary/aromatic N) is 3. The van der Waals surface area contributed by atoms with Crippen LogP contribution in [0.5, 0.6) is 0 Å². The van der Waals surface area contributed by atoms with Gasteiger partial charge in [0.15, 0.2) is 5.82 Å². The SMILES string of the molecule is CCc1noc([C@H](C)Nc2ccc(CN3CCOC3=O)cc2)n1. The van der Waals surface area contributed by atoms with E-state index in [2.05, 4.69) is 15.5 Å². The van der Waals surface area contributed by atoms with Gasteiger partial charge in [-0.3, -0.25) is 0 Å². The second kappa shape index (κ2) is 6.68. The molecule has 122 valence electrons. The number of cyclic esters (lactones) is 1. The fourth-order valence-electron chi connectivity index (χ4n) is 2.39. The number of aryl methyl sites for hydroxylation is 1. The smallest absolute Gasteiger partial charge is 0.410 e. The van der Waals surface area contributed by atoms with E-state index in [1.165, 1.54) is 0 Å². The quantitative estimate of drug-likeness (QED) is 0.882. The van der Waals surface area contributed by atoms with Crippen molar-refractivity contribution in [2.45, 2.75) is 32.9 Å². The van der Waals surface area contributed by atoms with Crippen LogP contribution in [-0.4, -0.2) is 34.3 Å². The number of ether oxygens (including phenoxy) is 1. The van der Waals surface area contributed by atoms with Crippen molar-refractivity contribution in [2.24, 2.45) is 0 Å². The molecule has 0 aliphatic carbocycles. The van der Waals surface area contributed by atoms with Crippen molar-refractivity contribution in [3.8, 4) is 0 Å². The van der Waals surface area contributed by atoms with E-state index in [1.807, 2.05) is 38.1 Å². The van der Waals surface area contributed by atoms with E-state index in [9.17, 15) is 4.79 Å². The minimum Gasteiger partial charge on any atom is -0.448 e. The molecule has 7 nitrogen and oxygen atoms in total. The minimum atomic E-state index is -0.246. The fourth-order valence-corrected chi connectivity index (χ4v) is 2.39. The zero-order valence-corrected chi connectivity index (χ0v) is 13.3. The van der Waals surface area contributed by atoms with Crippen molar-refractivity contribution in [1.82, 2.24) is 15.0 Å². The van der Waals surface area contributed by atoms with E-state index >= 15 is 0 Å². The normalized spacial score (nSPS) is 15.6. The average molecular weight is 316 g/mol. The van der Waals surface area contributed by atoms with E-state index in [0.717, 1.165) is 17.7 Å². The van der Waals surface area contributed by atoms with Crippen LogP contribution in [0.3, 0.4) is 0 Å². The number of nitrogens with one attached hydrogen (secondary N) is 1. The van der Waals surface area contributed by atoms with Crippen LogP contribution in [0, 0.1) is 0 Å². The lowest BCUT2D eigenvalue weighted by Crippen LogP contribution is -2.23. The molecule has 2 heterocycles. The third-order valence-electron chi connectivity index (χ3n) is 3.73. The molecule has 1 aliphatic rings. The van der Waals surface area contributed by atoms with E-state index in [4.69, 9.17) is 9.26 Å². The first-order valence-corrected chi connectivity index (χ1v) is 7.75.